The molecular formula is C23H25N3O4. The van der Waals surface area contributed by atoms with Gasteiger partial charge >= 0.3 is 0 Å². The van der Waals surface area contributed by atoms with E-state index in [1.807, 2.05) is 6.07 Å². The predicted molar refractivity (Wildman–Crippen MR) is 115 cm³/mol. The number of nitro benzene ring substituents is 1. The number of hydrogen-bond donors (Lipinski definition) is 2. The van der Waals surface area contributed by atoms with Crippen LogP contribution in [0.1, 0.15) is 54.9 Å². The molecule has 0 unspecified atom stereocenters. The van der Waals surface area contributed by atoms with Crippen LogP contribution in [0.2, 0.25) is 0 Å². The highest BCUT2D eigenvalue weighted by Crippen LogP contribution is 2.22. The second kappa shape index (κ2) is 9.82. The van der Waals surface area contributed by atoms with Gasteiger partial charge in [-0.15, -0.1) is 0 Å². The van der Waals surface area contributed by atoms with E-state index in [2.05, 4.69) is 10.6 Å². The van der Waals surface area contributed by atoms with Crippen LogP contribution in [-0.2, 0) is 4.79 Å². The van der Waals surface area contributed by atoms with Crippen LogP contribution in [0.3, 0.4) is 0 Å². The quantitative estimate of drug-likeness (QED) is 0.425. The minimum atomic E-state index is -0.475. The molecule has 1 saturated carbocycles. The van der Waals surface area contributed by atoms with Gasteiger partial charge in [0.05, 0.1) is 4.92 Å². The molecule has 1 aliphatic rings. The third-order valence-electron chi connectivity index (χ3n) is 5.33. The van der Waals surface area contributed by atoms with E-state index in [0.717, 1.165) is 25.7 Å². The lowest BCUT2D eigenvalue weighted by Gasteiger charge is -2.24. The molecule has 7 heteroatoms. The summed E-state index contributed by atoms with van der Waals surface area (Å²) in [6.07, 6.45) is 5.15. The van der Waals surface area contributed by atoms with Crippen LogP contribution in [0.4, 0.5) is 5.69 Å². The fourth-order valence-corrected chi connectivity index (χ4v) is 3.58. The normalized spacial score (nSPS) is 15.1. The van der Waals surface area contributed by atoms with E-state index in [1.165, 1.54) is 18.6 Å². The average Bonchev–Trinajstić information content (AvgIpc) is 2.78. The van der Waals surface area contributed by atoms with Gasteiger partial charge in [-0.05, 0) is 55.2 Å². The lowest BCUT2D eigenvalue weighted by Crippen LogP contribution is -2.41. The zero-order valence-corrected chi connectivity index (χ0v) is 16.9. The Morgan fingerprint density at radius 1 is 0.933 bits per heavy atom. The molecule has 2 N–H and O–H groups in total. The molecule has 7 nitrogen and oxygen atoms in total. The maximum atomic E-state index is 13.1. The smallest absolute Gasteiger partial charge is 0.269 e. The Bertz CT molecular complexity index is 946. The van der Waals surface area contributed by atoms with Crippen molar-refractivity contribution in [2.45, 2.75) is 45.1 Å². The number of rotatable bonds is 6. The lowest BCUT2D eigenvalue weighted by atomic mass is 9.95. The van der Waals surface area contributed by atoms with Gasteiger partial charge in [-0.25, -0.2) is 0 Å². The Morgan fingerprint density at radius 3 is 2.17 bits per heavy atom. The fourth-order valence-electron chi connectivity index (χ4n) is 3.58. The molecule has 1 fully saturated rings. The van der Waals surface area contributed by atoms with Gasteiger partial charge in [-0.2, -0.15) is 0 Å². The molecule has 0 bridgehead atoms. The van der Waals surface area contributed by atoms with Crippen molar-refractivity contribution in [3.05, 3.63) is 81.5 Å². The molecule has 0 heterocycles. The van der Waals surface area contributed by atoms with Gasteiger partial charge < -0.3 is 10.6 Å². The monoisotopic (exact) mass is 407 g/mol. The van der Waals surface area contributed by atoms with Crippen molar-refractivity contribution in [2.75, 3.05) is 0 Å². The largest absolute Gasteiger partial charge is 0.348 e. The summed E-state index contributed by atoms with van der Waals surface area (Å²) in [5, 5.41) is 16.7. The molecule has 2 amide bonds. The van der Waals surface area contributed by atoms with Gasteiger partial charge in [0.2, 0.25) is 0 Å². The summed E-state index contributed by atoms with van der Waals surface area (Å²) < 4.78 is 0. The van der Waals surface area contributed by atoms with Crippen molar-refractivity contribution in [3.8, 4) is 0 Å². The second-order valence-electron chi connectivity index (χ2n) is 7.43. The van der Waals surface area contributed by atoms with Gasteiger partial charge in [0.15, 0.2) is 0 Å². The van der Waals surface area contributed by atoms with Crippen LogP contribution in [0.25, 0.3) is 5.57 Å². The summed E-state index contributed by atoms with van der Waals surface area (Å²) in [7, 11) is 0. The van der Waals surface area contributed by atoms with Gasteiger partial charge in [0.25, 0.3) is 17.5 Å². The highest BCUT2D eigenvalue weighted by Gasteiger charge is 2.22. The highest BCUT2D eigenvalue weighted by molar-refractivity contribution is 6.07. The molecule has 0 radical (unpaired) electrons. The molecule has 30 heavy (non-hydrogen) atoms. The van der Waals surface area contributed by atoms with E-state index < -0.39 is 4.92 Å². The van der Waals surface area contributed by atoms with Crippen molar-refractivity contribution in [3.63, 3.8) is 0 Å². The molecule has 1 aliphatic carbocycles. The number of carbonyl (C=O) groups is 2. The van der Waals surface area contributed by atoms with Crippen molar-refractivity contribution >= 4 is 23.1 Å². The van der Waals surface area contributed by atoms with Gasteiger partial charge in [0.1, 0.15) is 5.70 Å². The Labute approximate surface area is 175 Å². The summed E-state index contributed by atoms with van der Waals surface area (Å²) in [6.45, 7) is 1.72. The lowest BCUT2D eigenvalue weighted by molar-refractivity contribution is -0.384. The molecule has 156 valence electrons. The standard InChI is InChI=1S/C23H25N3O4/c1-16(17-12-14-20(15-13-17)26(29)30)21(23(28)24-19-10-6-3-7-11-19)25-22(27)18-8-4-2-5-9-18/h2,4-5,8-9,12-15,19H,3,6-7,10-11H2,1H3,(H,24,28)(H,25,27). The Balaban J connectivity index is 1.90. The number of carbonyl (C=O) groups excluding carboxylic acids is 2. The Hall–Kier alpha value is -3.48. The maximum Gasteiger partial charge on any atom is 0.269 e. The van der Waals surface area contributed by atoms with Crippen molar-refractivity contribution in [1.29, 1.82) is 0 Å². The maximum absolute atomic E-state index is 13.1. The van der Waals surface area contributed by atoms with Crippen LogP contribution in [0.5, 0.6) is 0 Å². The first-order valence-electron chi connectivity index (χ1n) is 10.1. The van der Waals surface area contributed by atoms with E-state index in [4.69, 9.17) is 0 Å². The van der Waals surface area contributed by atoms with Gasteiger partial charge in [-0.3, -0.25) is 19.7 Å². The fraction of sp³-hybridized carbons (Fsp3) is 0.304. The second-order valence-corrected chi connectivity index (χ2v) is 7.43. The summed E-state index contributed by atoms with van der Waals surface area (Å²) in [5.74, 6) is -0.729. The van der Waals surface area contributed by atoms with Gasteiger partial charge in [0, 0.05) is 23.7 Å². The molecule has 0 saturated heterocycles. The zero-order valence-electron chi connectivity index (χ0n) is 16.9. The van der Waals surface area contributed by atoms with E-state index in [1.54, 1.807) is 43.3 Å². The van der Waals surface area contributed by atoms with E-state index >= 15 is 0 Å². The number of benzene rings is 2. The van der Waals surface area contributed by atoms with E-state index in [-0.39, 0.29) is 29.2 Å². The van der Waals surface area contributed by atoms with Crippen LogP contribution >= 0.6 is 0 Å². The minimum Gasteiger partial charge on any atom is -0.348 e. The molecule has 2 aromatic carbocycles. The van der Waals surface area contributed by atoms with Gasteiger partial charge in [-0.1, -0.05) is 37.5 Å². The Kier molecular flexibility index (Phi) is 6.95. The molecule has 3 rings (SSSR count). The zero-order chi connectivity index (χ0) is 21.5. The van der Waals surface area contributed by atoms with Crippen LogP contribution in [-0.4, -0.2) is 22.8 Å². The number of allylic oxidation sites excluding steroid dienone is 1. The molecular weight excluding hydrogens is 382 g/mol. The van der Waals surface area contributed by atoms with Crippen molar-refractivity contribution in [2.24, 2.45) is 0 Å². The van der Waals surface area contributed by atoms with E-state index in [0.29, 0.717) is 16.7 Å². The third kappa shape index (κ3) is 5.31. The molecule has 0 aromatic heterocycles. The predicted octanol–water partition coefficient (Wildman–Crippen LogP) is 4.20. The number of nitrogens with one attached hydrogen (secondary N) is 2. The number of nitrogens with zero attached hydrogens (tertiary/aromatic N) is 1. The first kappa shape index (κ1) is 21.2. The topological polar surface area (TPSA) is 101 Å². The number of nitro groups is 1. The first-order chi connectivity index (χ1) is 14.5. The Morgan fingerprint density at radius 2 is 1.57 bits per heavy atom. The molecule has 0 aliphatic heterocycles. The van der Waals surface area contributed by atoms with Crippen LogP contribution in [0.15, 0.2) is 60.3 Å². The molecule has 0 spiro atoms. The number of amides is 2. The third-order valence-corrected chi connectivity index (χ3v) is 5.33. The summed E-state index contributed by atoms with van der Waals surface area (Å²) in [5.41, 5.74) is 1.73. The SMILES string of the molecule is CC(=C(NC(=O)c1ccccc1)C(=O)NC1CCCCC1)c1ccc([N+](=O)[O-])cc1. The highest BCUT2D eigenvalue weighted by atomic mass is 16.6. The number of hydrogen-bond acceptors (Lipinski definition) is 4. The molecule has 2 aromatic rings. The number of non-ortho nitro benzene ring substituents is 1. The van der Waals surface area contributed by atoms with Crippen LogP contribution in [0, 0.1) is 10.1 Å². The average molecular weight is 407 g/mol. The first-order valence-corrected chi connectivity index (χ1v) is 10.1. The van der Waals surface area contributed by atoms with E-state index in [9.17, 15) is 19.7 Å². The molecule has 0 atom stereocenters. The summed E-state index contributed by atoms with van der Waals surface area (Å²) >= 11 is 0. The summed E-state index contributed by atoms with van der Waals surface area (Å²) in [6, 6.07) is 14.7. The van der Waals surface area contributed by atoms with Crippen LogP contribution < -0.4 is 10.6 Å². The van der Waals surface area contributed by atoms with Crippen molar-refractivity contribution < 1.29 is 14.5 Å². The minimum absolute atomic E-state index is 0.0342. The van der Waals surface area contributed by atoms with Crippen molar-refractivity contribution in [1.82, 2.24) is 10.6 Å². The summed E-state index contributed by atoms with van der Waals surface area (Å²) in [4.78, 5) is 36.2.